The zero-order valence-electron chi connectivity index (χ0n) is 40.4. The smallest absolute Gasteiger partial charge is 0.223 e. The number of aromatic amines is 2. The number of ether oxygens (including phenoxy) is 2. The molecular weight excluding hydrogens is 922 g/mol. The molecule has 0 bridgehead atoms. The summed E-state index contributed by atoms with van der Waals surface area (Å²) in [5.74, 6) is 5.49. The van der Waals surface area contributed by atoms with E-state index in [-0.39, 0.29) is 11.9 Å². The molecule has 8 N–H and O–H groups in total. The normalized spacial score (nSPS) is 15.6. The second kappa shape index (κ2) is 17.0. The van der Waals surface area contributed by atoms with Crippen LogP contribution in [-0.2, 0) is 6.42 Å². The highest BCUT2D eigenvalue weighted by Gasteiger charge is 2.34. The van der Waals surface area contributed by atoms with Gasteiger partial charge < -0.3 is 45.7 Å². The van der Waals surface area contributed by atoms with Crippen molar-refractivity contribution in [1.29, 1.82) is 0 Å². The quantitative estimate of drug-likeness (QED) is 0.0798. The Kier molecular flexibility index (Phi) is 10.7. The molecule has 0 spiro atoms. The minimum atomic E-state index is 0.122. The number of fused-ring (bicyclic) bond motifs is 6. The average molecular weight is 977 g/mol. The molecule has 2 aromatic carbocycles. The standard InChI is InChI=1S/C26H27N7O2.C16H14ClN5O2.C9H13N3/c1-12-23(13(2)35-32-12)18-10-20-17(11-22(18)34-3)24-21(29-26(27)30-25(24)28-20)9-16-8-19(14-4-5-14)31-33(16)15-6-7-15;1-6-12(7(2)24-22-6)9-4-10-8(5-11(9)23-3)13-14(17)20-16(18)21-15(13)19-10;10-9-5-8(6-1-2-6)11-12(9)7-3-4-7/h8,10-11,14-15H,4-7,9H2,1-3H3,(H3,27,28,29,30);4-5H,1-3H3,(H3,18,19,20,21);5-7H,1-4,10H2. The lowest BCUT2D eigenvalue weighted by atomic mass is 10.00. The van der Waals surface area contributed by atoms with E-state index in [1.54, 1.807) is 14.2 Å². The molecule has 0 atom stereocenters. The van der Waals surface area contributed by atoms with Gasteiger partial charge in [-0.2, -0.15) is 20.2 Å². The number of benzene rings is 2. The van der Waals surface area contributed by atoms with Crippen LogP contribution in [-0.4, -0.2) is 74.0 Å². The molecule has 71 heavy (non-hydrogen) atoms. The van der Waals surface area contributed by atoms with E-state index in [1.165, 1.54) is 68.4 Å². The molecule has 20 heteroatoms. The Labute approximate surface area is 411 Å². The van der Waals surface area contributed by atoms with Crippen molar-refractivity contribution in [2.75, 3.05) is 31.4 Å². The zero-order valence-corrected chi connectivity index (χ0v) is 41.1. The first-order valence-electron chi connectivity index (χ1n) is 24.1. The Bertz CT molecular complexity index is 3670. The number of nitrogen functional groups attached to an aromatic ring is 3. The number of H-pyrrole nitrogens is 2. The third kappa shape index (κ3) is 8.20. The summed E-state index contributed by atoms with van der Waals surface area (Å²) in [5, 5.41) is 21.5. The van der Waals surface area contributed by atoms with Gasteiger partial charge in [0.05, 0.1) is 71.3 Å². The Hall–Kier alpha value is -7.67. The largest absolute Gasteiger partial charge is 0.496 e. The fourth-order valence-corrected chi connectivity index (χ4v) is 10.2. The van der Waals surface area contributed by atoms with Crippen LogP contribution in [0.1, 0.15) is 121 Å². The maximum Gasteiger partial charge on any atom is 0.223 e. The number of nitrogens with zero attached hydrogens (tertiary/aromatic N) is 10. The molecule has 4 saturated carbocycles. The van der Waals surface area contributed by atoms with Crippen LogP contribution in [0.4, 0.5) is 17.7 Å². The van der Waals surface area contributed by atoms with Crippen molar-refractivity contribution in [2.45, 2.75) is 109 Å². The number of halogens is 1. The molecule has 0 saturated heterocycles. The Morgan fingerprint density at radius 2 is 1.11 bits per heavy atom. The van der Waals surface area contributed by atoms with Crippen LogP contribution in [0.5, 0.6) is 11.5 Å². The second-order valence-electron chi connectivity index (χ2n) is 19.3. The summed E-state index contributed by atoms with van der Waals surface area (Å²) in [4.78, 5) is 24.2. The molecule has 0 amide bonds. The highest BCUT2D eigenvalue weighted by molar-refractivity contribution is 6.36. The predicted molar refractivity (Wildman–Crippen MR) is 272 cm³/mol. The van der Waals surface area contributed by atoms with Gasteiger partial charge in [0, 0.05) is 68.3 Å². The van der Waals surface area contributed by atoms with E-state index >= 15 is 0 Å². The van der Waals surface area contributed by atoms with Crippen molar-refractivity contribution in [3.63, 3.8) is 0 Å². The lowest BCUT2D eigenvalue weighted by Gasteiger charge is -2.10. The SMILES string of the molecule is COc1cc2c(cc1-c1c(C)noc1C)[nH]c1nc(N)nc(Cc3cc(C4CC4)nn3C3CC3)c12.COc1cc2c(cc1-c1c(C)noc1C)[nH]c1nc(N)nc(Cl)c12.Nc1cc(C2CC2)nn1C1CC1. The number of methoxy groups -OCH3 is 2. The summed E-state index contributed by atoms with van der Waals surface area (Å²) >= 11 is 6.25. The van der Waals surface area contributed by atoms with Crippen molar-refractivity contribution in [3.05, 3.63) is 87.2 Å². The molecule has 4 fully saturated rings. The number of rotatable bonds is 10. The van der Waals surface area contributed by atoms with Crippen molar-refractivity contribution < 1.29 is 18.5 Å². The minimum Gasteiger partial charge on any atom is -0.496 e. The first kappa shape index (κ1) is 44.5. The first-order valence-corrected chi connectivity index (χ1v) is 24.5. The van der Waals surface area contributed by atoms with Gasteiger partial charge in [0.1, 0.15) is 45.3 Å². The molecule has 8 heterocycles. The van der Waals surface area contributed by atoms with Gasteiger partial charge in [-0.15, -0.1) is 0 Å². The molecular formula is C51H54ClN15O4. The molecule has 364 valence electrons. The maximum absolute atomic E-state index is 6.25. The summed E-state index contributed by atoms with van der Waals surface area (Å²) in [6.45, 7) is 7.61. The number of nitrogens with one attached hydrogen (secondary N) is 2. The molecule has 14 rings (SSSR count). The molecule has 4 aliphatic rings. The first-order chi connectivity index (χ1) is 34.3. The lowest BCUT2D eigenvalue weighted by molar-refractivity contribution is 0.393. The van der Waals surface area contributed by atoms with E-state index in [0.29, 0.717) is 46.4 Å². The number of hydrogen-bond donors (Lipinski definition) is 5. The van der Waals surface area contributed by atoms with Crippen LogP contribution in [0.2, 0.25) is 5.15 Å². The monoisotopic (exact) mass is 975 g/mol. The highest BCUT2D eigenvalue weighted by Crippen LogP contribution is 2.46. The van der Waals surface area contributed by atoms with E-state index in [4.69, 9.17) is 57.4 Å². The molecule has 4 aliphatic carbocycles. The van der Waals surface area contributed by atoms with Gasteiger partial charge in [-0.25, -0.2) is 14.6 Å². The Morgan fingerprint density at radius 1 is 0.620 bits per heavy atom. The van der Waals surface area contributed by atoms with Gasteiger partial charge in [0.2, 0.25) is 11.9 Å². The van der Waals surface area contributed by atoms with Gasteiger partial charge >= 0.3 is 0 Å². The third-order valence-electron chi connectivity index (χ3n) is 14.0. The third-order valence-corrected chi connectivity index (χ3v) is 14.2. The van der Waals surface area contributed by atoms with E-state index in [9.17, 15) is 0 Å². The van der Waals surface area contributed by atoms with Crippen LogP contribution < -0.4 is 26.7 Å². The minimum absolute atomic E-state index is 0.122. The lowest BCUT2D eigenvalue weighted by Crippen LogP contribution is -2.06. The van der Waals surface area contributed by atoms with Gasteiger partial charge in [-0.1, -0.05) is 21.9 Å². The Balaban J connectivity index is 0.000000123. The molecule has 8 aromatic heterocycles. The average Bonchev–Trinajstić information content (AvgIpc) is 4.21. The summed E-state index contributed by atoms with van der Waals surface area (Å²) in [6.07, 6.45) is 10.6. The second-order valence-corrected chi connectivity index (χ2v) is 19.7. The van der Waals surface area contributed by atoms with Crippen molar-refractivity contribution in [1.82, 2.24) is 59.8 Å². The number of anilines is 3. The van der Waals surface area contributed by atoms with Crippen LogP contribution in [0.15, 0.2) is 45.4 Å². The summed E-state index contributed by atoms with van der Waals surface area (Å²) in [5.41, 5.74) is 30.6. The number of hydrogen-bond acceptors (Lipinski definition) is 15. The van der Waals surface area contributed by atoms with E-state index in [2.05, 4.69) is 63.2 Å². The van der Waals surface area contributed by atoms with Crippen molar-refractivity contribution in [2.24, 2.45) is 0 Å². The van der Waals surface area contributed by atoms with E-state index in [0.717, 1.165) is 101 Å². The molecule has 19 nitrogen and oxygen atoms in total. The number of aromatic nitrogens is 12. The van der Waals surface area contributed by atoms with Crippen LogP contribution >= 0.6 is 11.6 Å². The van der Waals surface area contributed by atoms with Gasteiger partial charge in [0.15, 0.2) is 0 Å². The predicted octanol–water partition coefficient (Wildman–Crippen LogP) is 10.3. The van der Waals surface area contributed by atoms with E-state index < -0.39 is 0 Å². The fourth-order valence-electron chi connectivity index (χ4n) is 9.90. The van der Waals surface area contributed by atoms with Crippen molar-refractivity contribution >= 4 is 73.2 Å². The molecule has 0 aliphatic heterocycles. The van der Waals surface area contributed by atoms with E-state index in [1.807, 2.05) is 50.6 Å². The van der Waals surface area contributed by atoms with Crippen molar-refractivity contribution in [3.8, 4) is 33.8 Å². The number of aryl methyl sites for hydroxylation is 4. The molecule has 0 radical (unpaired) electrons. The Morgan fingerprint density at radius 3 is 1.62 bits per heavy atom. The van der Waals surface area contributed by atoms with Crippen LogP contribution in [0.25, 0.3) is 66.1 Å². The maximum atomic E-state index is 6.25. The summed E-state index contributed by atoms with van der Waals surface area (Å²) in [6, 6.07) is 13.4. The van der Waals surface area contributed by atoms with Gasteiger partial charge in [-0.05, 0) is 109 Å². The van der Waals surface area contributed by atoms with Gasteiger partial charge in [0.25, 0.3) is 0 Å². The van der Waals surface area contributed by atoms with Crippen LogP contribution in [0, 0.1) is 27.7 Å². The van der Waals surface area contributed by atoms with Crippen LogP contribution in [0.3, 0.4) is 0 Å². The fraction of sp³-hybridized carbons (Fsp3) is 0.373. The molecule has 0 unspecified atom stereocenters. The zero-order chi connectivity index (χ0) is 49.0. The highest BCUT2D eigenvalue weighted by atomic mass is 35.5. The molecule has 10 aromatic rings. The summed E-state index contributed by atoms with van der Waals surface area (Å²) in [7, 11) is 3.30. The summed E-state index contributed by atoms with van der Waals surface area (Å²) < 4.78 is 26.3. The number of nitrogens with two attached hydrogens (primary N) is 3. The van der Waals surface area contributed by atoms with Gasteiger partial charge in [-0.3, -0.25) is 4.68 Å². The topological polar surface area (TPSA) is 267 Å².